The van der Waals surface area contributed by atoms with Gasteiger partial charge >= 0.3 is 0 Å². The molecule has 0 radical (unpaired) electrons. The maximum atomic E-state index is 13.2. The lowest BCUT2D eigenvalue weighted by Gasteiger charge is -2.15. The number of thioether (sulfide) groups is 1. The summed E-state index contributed by atoms with van der Waals surface area (Å²) in [4.78, 5) is 33.2. The third kappa shape index (κ3) is 6.98. The van der Waals surface area contributed by atoms with Gasteiger partial charge in [-0.3, -0.25) is 20.4 Å². The van der Waals surface area contributed by atoms with Crippen LogP contribution in [0.15, 0.2) is 53.7 Å². The molecule has 0 bridgehead atoms. The van der Waals surface area contributed by atoms with Crippen LogP contribution in [0, 0.1) is 25.5 Å². The Morgan fingerprint density at radius 2 is 1.64 bits per heavy atom. The van der Waals surface area contributed by atoms with Gasteiger partial charge < -0.3 is 4.74 Å². The summed E-state index contributed by atoms with van der Waals surface area (Å²) in [6.07, 6.45) is -1.05. The molecule has 3 rings (SSSR count). The number of hydrogen-bond donors (Lipinski definition) is 2. The van der Waals surface area contributed by atoms with Crippen LogP contribution in [0.5, 0.6) is 5.75 Å². The smallest absolute Gasteiger partial charge is 0.279 e. The zero-order valence-electron chi connectivity index (χ0n) is 18.2. The van der Waals surface area contributed by atoms with Crippen molar-refractivity contribution in [2.75, 3.05) is 0 Å². The SMILES string of the molecule is Cc1cc(C)nc(SCc2ccc(C(=O)NNC(=O)C(C)Oc3ccc(F)c(F)c3)cc2)n1. The van der Waals surface area contributed by atoms with Crippen LogP contribution >= 0.6 is 11.8 Å². The van der Waals surface area contributed by atoms with E-state index in [9.17, 15) is 18.4 Å². The molecule has 2 amide bonds. The molecule has 33 heavy (non-hydrogen) atoms. The minimum Gasteiger partial charge on any atom is -0.481 e. The summed E-state index contributed by atoms with van der Waals surface area (Å²) >= 11 is 1.50. The molecule has 2 N–H and O–H groups in total. The average molecular weight is 473 g/mol. The zero-order valence-corrected chi connectivity index (χ0v) is 19.0. The highest BCUT2D eigenvalue weighted by molar-refractivity contribution is 7.98. The first-order valence-electron chi connectivity index (χ1n) is 9.97. The van der Waals surface area contributed by atoms with Gasteiger partial charge in [-0.15, -0.1) is 0 Å². The number of amides is 2. The molecule has 0 fully saturated rings. The number of rotatable bonds is 7. The van der Waals surface area contributed by atoms with Crippen LogP contribution in [-0.4, -0.2) is 27.9 Å². The van der Waals surface area contributed by atoms with Crippen molar-refractivity contribution in [3.05, 3.63) is 82.7 Å². The Morgan fingerprint density at radius 1 is 0.970 bits per heavy atom. The van der Waals surface area contributed by atoms with Gasteiger partial charge in [0.15, 0.2) is 22.9 Å². The van der Waals surface area contributed by atoms with E-state index < -0.39 is 29.6 Å². The topological polar surface area (TPSA) is 93.2 Å². The fraction of sp³-hybridized carbons (Fsp3) is 0.217. The maximum Gasteiger partial charge on any atom is 0.279 e. The third-order valence-electron chi connectivity index (χ3n) is 4.42. The maximum absolute atomic E-state index is 13.2. The number of carbonyl (C=O) groups excluding carboxylic acids is 2. The van der Waals surface area contributed by atoms with E-state index in [0.29, 0.717) is 16.5 Å². The predicted octanol–water partition coefficient (Wildman–Crippen LogP) is 3.89. The van der Waals surface area contributed by atoms with Crippen LogP contribution in [0.3, 0.4) is 0 Å². The standard InChI is InChI=1S/C23H22F2N4O3S/c1-13-10-14(2)27-23(26-13)33-12-16-4-6-17(7-5-16)22(31)29-28-21(30)15(3)32-18-8-9-19(24)20(25)11-18/h4-11,15H,12H2,1-3H3,(H,28,30)(H,29,31). The van der Waals surface area contributed by atoms with Crippen LogP contribution < -0.4 is 15.6 Å². The molecule has 0 saturated heterocycles. The molecule has 0 aliphatic carbocycles. The first kappa shape index (κ1) is 24.1. The Labute approximate surface area is 194 Å². The fourth-order valence-electron chi connectivity index (χ4n) is 2.76. The molecule has 10 heteroatoms. The van der Waals surface area contributed by atoms with Crippen LogP contribution in [0.2, 0.25) is 0 Å². The molecule has 0 aliphatic heterocycles. The minimum absolute atomic E-state index is 0.0115. The summed E-state index contributed by atoms with van der Waals surface area (Å²) in [6, 6.07) is 11.7. The van der Waals surface area contributed by atoms with Gasteiger partial charge in [0.1, 0.15) is 5.75 Å². The van der Waals surface area contributed by atoms with Crippen molar-refractivity contribution < 1.29 is 23.1 Å². The lowest BCUT2D eigenvalue weighted by atomic mass is 10.1. The molecule has 2 aromatic carbocycles. The molecule has 3 aromatic rings. The van der Waals surface area contributed by atoms with Crippen molar-refractivity contribution in [3.63, 3.8) is 0 Å². The van der Waals surface area contributed by atoms with Crippen molar-refractivity contribution in [2.24, 2.45) is 0 Å². The van der Waals surface area contributed by atoms with Crippen molar-refractivity contribution in [1.29, 1.82) is 0 Å². The number of nitrogens with zero attached hydrogens (tertiary/aromatic N) is 2. The number of nitrogens with one attached hydrogen (secondary N) is 2. The Kier molecular flexibility index (Phi) is 7.94. The first-order valence-corrected chi connectivity index (χ1v) is 11.0. The van der Waals surface area contributed by atoms with Gasteiger partial charge in [-0.2, -0.15) is 0 Å². The lowest BCUT2D eigenvalue weighted by molar-refractivity contribution is -0.128. The number of hydrazine groups is 1. The molecule has 7 nitrogen and oxygen atoms in total. The quantitative estimate of drug-likeness (QED) is 0.308. The molecular weight excluding hydrogens is 450 g/mol. The van der Waals surface area contributed by atoms with E-state index in [0.717, 1.165) is 29.1 Å². The Hall–Kier alpha value is -3.53. The van der Waals surface area contributed by atoms with Gasteiger partial charge in [-0.1, -0.05) is 23.9 Å². The Balaban J connectivity index is 1.48. The molecular formula is C23H22F2N4O3S. The van der Waals surface area contributed by atoms with Gasteiger partial charge in [0.05, 0.1) is 0 Å². The number of aromatic nitrogens is 2. The normalized spacial score (nSPS) is 11.5. The molecule has 1 unspecified atom stereocenters. The van der Waals surface area contributed by atoms with E-state index in [-0.39, 0.29) is 5.75 Å². The number of halogens is 2. The third-order valence-corrected chi connectivity index (χ3v) is 5.34. The molecule has 1 heterocycles. The average Bonchev–Trinajstić information content (AvgIpc) is 2.78. The largest absolute Gasteiger partial charge is 0.481 e. The van der Waals surface area contributed by atoms with Gasteiger partial charge in [0, 0.05) is 28.8 Å². The van der Waals surface area contributed by atoms with Crippen LogP contribution in [0.1, 0.15) is 34.2 Å². The predicted molar refractivity (Wildman–Crippen MR) is 120 cm³/mol. The number of hydrogen-bond acceptors (Lipinski definition) is 6. The molecule has 172 valence electrons. The van der Waals surface area contributed by atoms with Gasteiger partial charge in [0.2, 0.25) is 0 Å². The second-order valence-electron chi connectivity index (χ2n) is 7.20. The van der Waals surface area contributed by atoms with E-state index in [1.54, 1.807) is 24.3 Å². The lowest BCUT2D eigenvalue weighted by Crippen LogP contribution is -2.47. The molecule has 1 aromatic heterocycles. The van der Waals surface area contributed by atoms with E-state index in [4.69, 9.17) is 4.74 Å². The summed E-state index contributed by atoms with van der Waals surface area (Å²) in [7, 11) is 0. The van der Waals surface area contributed by atoms with E-state index in [2.05, 4.69) is 20.8 Å². The van der Waals surface area contributed by atoms with Gasteiger partial charge in [-0.05, 0) is 56.7 Å². The molecule has 1 atom stereocenters. The van der Waals surface area contributed by atoms with Crippen LogP contribution in [0.25, 0.3) is 0 Å². The van der Waals surface area contributed by atoms with Crippen molar-refractivity contribution in [1.82, 2.24) is 20.8 Å². The van der Waals surface area contributed by atoms with Crippen molar-refractivity contribution in [2.45, 2.75) is 37.8 Å². The highest BCUT2D eigenvalue weighted by atomic mass is 32.2. The number of carbonyl (C=O) groups is 2. The summed E-state index contributed by atoms with van der Waals surface area (Å²) in [5.74, 6) is -2.65. The highest BCUT2D eigenvalue weighted by Gasteiger charge is 2.17. The summed E-state index contributed by atoms with van der Waals surface area (Å²) in [6.45, 7) is 5.25. The molecule has 0 saturated carbocycles. The second-order valence-corrected chi connectivity index (χ2v) is 8.14. The zero-order chi connectivity index (χ0) is 24.0. The Morgan fingerprint density at radius 3 is 2.27 bits per heavy atom. The molecule has 0 spiro atoms. The van der Waals surface area contributed by atoms with Gasteiger partial charge in [-0.25, -0.2) is 18.7 Å². The summed E-state index contributed by atoms with van der Waals surface area (Å²) in [5, 5.41) is 0.691. The van der Waals surface area contributed by atoms with Crippen molar-refractivity contribution >= 4 is 23.6 Å². The van der Waals surface area contributed by atoms with Crippen LogP contribution in [0.4, 0.5) is 8.78 Å². The van der Waals surface area contributed by atoms with Gasteiger partial charge in [0.25, 0.3) is 11.8 Å². The Bertz CT molecular complexity index is 1140. The fourth-order valence-corrected chi connectivity index (χ4v) is 3.66. The first-order chi connectivity index (χ1) is 15.7. The molecule has 0 aliphatic rings. The number of aryl methyl sites for hydroxylation is 2. The number of benzene rings is 2. The minimum atomic E-state index is -1.09. The highest BCUT2D eigenvalue weighted by Crippen LogP contribution is 2.20. The number of ether oxygens (including phenoxy) is 1. The van der Waals surface area contributed by atoms with Crippen LogP contribution in [-0.2, 0) is 10.5 Å². The summed E-state index contributed by atoms with van der Waals surface area (Å²) in [5.41, 5.74) is 7.69. The summed E-state index contributed by atoms with van der Waals surface area (Å²) < 4.78 is 31.5. The van der Waals surface area contributed by atoms with E-state index in [1.165, 1.54) is 24.8 Å². The van der Waals surface area contributed by atoms with E-state index >= 15 is 0 Å². The van der Waals surface area contributed by atoms with Crippen molar-refractivity contribution in [3.8, 4) is 5.75 Å². The second kappa shape index (κ2) is 10.9. The monoisotopic (exact) mass is 472 g/mol. The van der Waals surface area contributed by atoms with E-state index in [1.807, 2.05) is 19.9 Å².